The van der Waals surface area contributed by atoms with Gasteiger partial charge in [-0.2, -0.15) is 0 Å². The lowest BCUT2D eigenvalue weighted by atomic mass is 9.93. The zero-order valence-electron chi connectivity index (χ0n) is 14.0. The van der Waals surface area contributed by atoms with Gasteiger partial charge in [0.25, 0.3) is 5.43 Å². The fourth-order valence-electron chi connectivity index (χ4n) is 3.14. The van der Waals surface area contributed by atoms with E-state index in [0.717, 1.165) is 24.3 Å². The van der Waals surface area contributed by atoms with Crippen molar-refractivity contribution in [2.75, 3.05) is 0 Å². The highest BCUT2D eigenvalue weighted by Crippen LogP contribution is 2.43. The number of nitro benzene ring substituents is 2. The van der Waals surface area contributed by atoms with Crippen LogP contribution in [0.2, 0.25) is 0 Å². The lowest BCUT2D eigenvalue weighted by Gasteiger charge is -2.15. The fourth-order valence-corrected chi connectivity index (χ4v) is 3.14. The maximum Gasteiger partial charge on any atom is 0.317 e. The molecule has 0 atom stereocenters. The van der Waals surface area contributed by atoms with Crippen LogP contribution in [0.5, 0.6) is 5.75 Å². The van der Waals surface area contributed by atoms with Crippen molar-refractivity contribution in [1.29, 1.82) is 0 Å². The Morgan fingerprint density at radius 2 is 1.57 bits per heavy atom. The van der Waals surface area contributed by atoms with Crippen LogP contribution in [0.1, 0.15) is 0 Å². The van der Waals surface area contributed by atoms with Gasteiger partial charge in [-0.25, -0.2) is 0 Å². The predicted molar refractivity (Wildman–Crippen MR) is 99.5 cm³/mol. The minimum atomic E-state index is -0.828. The van der Waals surface area contributed by atoms with Gasteiger partial charge in [0.1, 0.15) is 11.3 Å². The summed E-state index contributed by atoms with van der Waals surface area (Å²) in [4.78, 5) is 33.0. The summed E-state index contributed by atoms with van der Waals surface area (Å²) in [5.41, 5.74) is -0.607. The Bertz CT molecular complexity index is 1300. The molecule has 0 fully saturated rings. The Morgan fingerprint density at radius 1 is 0.893 bits per heavy atom. The van der Waals surface area contributed by atoms with E-state index >= 15 is 0 Å². The molecule has 1 aliphatic heterocycles. The SMILES string of the molecule is O=c1cc2oc3cc(O)c([N+](=O)[O-])cc3c(-c3ccccc3)c-2cc1[N+](=O)[O-]. The molecule has 9 nitrogen and oxygen atoms in total. The first-order valence-corrected chi connectivity index (χ1v) is 7.98. The van der Waals surface area contributed by atoms with Crippen molar-refractivity contribution in [1.82, 2.24) is 0 Å². The highest BCUT2D eigenvalue weighted by Gasteiger charge is 2.25. The summed E-state index contributed by atoms with van der Waals surface area (Å²) in [6.07, 6.45) is 0. The van der Waals surface area contributed by atoms with Crippen LogP contribution in [0.3, 0.4) is 0 Å². The van der Waals surface area contributed by atoms with Crippen LogP contribution in [0.4, 0.5) is 11.4 Å². The van der Waals surface area contributed by atoms with Crippen molar-refractivity contribution < 1.29 is 19.4 Å². The van der Waals surface area contributed by atoms with Gasteiger partial charge >= 0.3 is 11.4 Å². The van der Waals surface area contributed by atoms with Gasteiger partial charge in [0.05, 0.1) is 9.85 Å². The molecule has 0 spiro atoms. The maximum atomic E-state index is 12.0. The Hall–Kier alpha value is -4.27. The number of hydrogen-bond donors (Lipinski definition) is 1. The molecule has 1 aliphatic carbocycles. The number of fused-ring (bicyclic) bond motifs is 2. The quantitative estimate of drug-likeness (QED) is 0.322. The van der Waals surface area contributed by atoms with Crippen LogP contribution in [-0.4, -0.2) is 15.0 Å². The van der Waals surface area contributed by atoms with E-state index < -0.39 is 32.4 Å². The van der Waals surface area contributed by atoms with E-state index in [9.17, 15) is 30.1 Å². The highest BCUT2D eigenvalue weighted by molar-refractivity contribution is 6.03. The molecule has 0 amide bonds. The van der Waals surface area contributed by atoms with Gasteiger partial charge in [-0.05, 0) is 5.56 Å². The second-order valence-electron chi connectivity index (χ2n) is 6.01. The van der Waals surface area contributed by atoms with E-state index in [2.05, 4.69) is 0 Å². The highest BCUT2D eigenvalue weighted by atomic mass is 16.6. The van der Waals surface area contributed by atoms with E-state index in [-0.39, 0.29) is 22.3 Å². The van der Waals surface area contributed by atoms with Crippen LogP contribution in [-0.2, 0) is 0 Å². The molecule has 0 unspecified atom stereocenters. The Balaban J connectivity index is 2.24. The van der Waals surface area contributed by atoms with Crippen molar-refractivity contribution in [2.45, 2.75) is 0 Å². The van der Waals surface area contributed by atoms with Gasteiger partial charge in [-0.15, -0.1) is 0 Å². The number of phenols is 1. The molecular formula is C19H10N2O7. The average Bonchev–Trinajstić information content (AvgIpc) is 2.65. The maximum absolute atomic E-state index is 12.0. The zero-order valence-corrected chi connectivity index (χ0v) is 14.0. The third kappa shape index (κ3) is 2.62. The molecular weight excluding hydrogens is 368 g/mol. The number of nitro groups is 2. The second-order valence-corrected chi connectivity index (χ2v) is 6.01. The van der Waals surface area contributed by atoms with Crippen LogP contribution in [0.25, 0.3) is 33.4 Å². The number of nitrogens with zero attached hydrogens (tertiary/aromatic N) is 2. The number of hydrogen-bond acceptors (Lipinski definition) is 7. The molecule has 0 aromatic heterocycles. The fraction of sp³-hybridized carbons (Fsp3) is 0. The van der Waals surface area contributed by atoms with Crippen LogP contribution < -0.4 is 5.43 Å². The molecule has 2 aliphatic rings. The first-order valence-electron chi connectivity index (χ1n) is 7.98. The zero-order chi connectivity index (χ0) is 20.0. The number of aromatic hydroxyl groups is 1. The summed E-state index contributed by atoms with van der Waals surface area (Å²) < 4.78 is 5.63. The van der Waals surface area contributed by atoms with Crippen molar-refractivity contribution in [2.24, 2.45) is 0 Å². The normalized spacial score (nSPS) is 11.0. The van der Waals surface area contributed by atoms with Gasteiger partial charge in [0.2, 0.25) is 0 Å². The molecule has 0 saturated heterocycles. The first-order chi connectivity index (χ1) is 13.4. The van der Waals surface area contributed by atoms with Crippen LogP contribution in [0, 0.1) is 20.2 Å². The third-order valence-corrected chi connectivity index (χ3v) is 4.35. The smallest absolute Gasteiger partial charge is 0.317 e. The number of benzene rings is 3. The Morgan fingerprint density at radius 3 is 2.21 bits per heavy atom. The lowest BCUT2D eigenvalue weighted by molar-refractivity contribution is -0.386. The minimum Gasteiger partial charge on any atom is -0.502 e. The standard InChI is InChI=1S/C19H10N2O7/c22-15-8-17-11(6-13(15)20(24)25)19(10-4-2-1-3-5-10)12-7-14(21(26)27)16(23)9-18(12)28-17/h1-9,22H. The topological polar surface area (TPSA) is 137 Å². The minimum absolute atomic E-state index is 0.0650. The average molecular weight is 378 g/mol. The predicted octanol–water partition coefficient (Wildman–Crippen LogP) is 4.09. The molecule has 1 heterocycles. The molecule has 2 aromatic rings. The van der Waals surface area contributed by atoms with E-state index in [1.165, 1.54) is 0 Å². The summed E-state index contributed by atoms with van der Waals surface area (Å²) in [5.74, 6) is -0.529. The largest absolute Gasteiger partial charge is 0.502 e. The molecule has 2 aromatic carbocycles. The van der Waals surface area contributed by atoms with E-state index in [4.69, 9.17) is 4.42 Å². The van der Waals surface area contributed by atoms with Crippen LogP contribution >= 0.6 is 0 Å². The van der Waals surface area contributed by atoms with E-state index in [1.807, 2.05) is 0 Å². The molecule has 0 bridgehead atoms. The van der Waals surface area contributed by atoms with Crippen molar-refractivity contribution in [3.8, 4) is 28.2 Å². The van der Waals surface area contributed by atoms with Gasteiger partial charge in [0.15, 0.2) is 5.75 Å². The third-order valence-electron chi connectivity index (χ3n) is 4.35. The first kappa shape index (κ1) is 17.2. The van der Waals surface area contributed by atoms with Gasteiger partial charge in [0, 0.05) is 40.8 Å². The lowest BCUT2D eigenvalue weighted by Crippen LogP contribution is -2.08. The molecule has 1 N–H and O–H groups in total. The second kappa shape index (κ2) is 6.16. The number of non-ortho nitro benzene ring substituents is 1. The molecule has 0 saturated carbocycles. The van der Waals surface area contributed by atoms with Gasteiger partial charge in [-0.3, -0.25) is 25.0 Å². The summed E-state index contributed by atoms with van der Waals surface area (Å²) in [5, 5.41) is 32.7. The summed E-state index contributed by atoms with van der Waals surface area (Å²) >= 11 is 0. The monoisotopic (exact) mass is 378 g/mol. The number of phenolic OH excluding ortho intramolecular Hbond substituents is 1. The van der Waals surface area contributed by atoms with Gasteiger partial charge in [-0.1, -0.05) is 30.3 Å². The van der Waals surface area contributed by atoms with Crippen LogP contribution in [0.15, 0.2) is 63.8 Å². The molecule has 0 radical (unpaired) electrons. The van der Waals surface area contributed by atoms with E-state index in [1.54, 1.807) is 30.3 Å². The van der Waals surface area contributed by atoms with Crippen molar-refractivity contribution >= 4 is 22.3 Å². The van der Waals surface area contributed by atoms with Crippen molar-refractivity contribution in [3.63, 3.8) is 0 Å². The van der Waals surface area contributed by atoms with Gasteiger partial charge < -0.3 is 9.52 Å². The van der Waals surface area contributed by atoms with Crippen molar-refractivity contribution in [3.05, 3.63) is 85.0 Å². The molecule has 4 rings (SSSR count). The molecule has 138 valence electrons. The Labute approximate surface area is 155 Å². The van der Waals surface area contributed by atoms with E-state index in [0.29, 0.717) is 11.1 Å². The Kier molecular flexibility index (Phi) is 3.78. The summed E-state index contributed by atoms with van der Waals surface area (Å²) in [6.45, 7) is 0. The summed E-state index contributed by atoms with van der Waals surface area (Å²) in [7, 11) is 0. The molecule has 9 heteroatoms. The summed E-state index contributed by atoms with van der Waals surface area (Å²) in [6, 6.07) is 13.0. The molecule has 28 heavy (non-hydrogen) atoms. The number of rotatable bonds is 3.